The summed E-state index contributed by atoms with van der Waals surface area (Å²) in [7, 11) is 0. The molecule has 1 aliphatic rings. The van der Waals surface area contributed by atoms with Crippen molar-refractivity contribution in [1.82, 2.24) is 20.0 Å². The van der Waals surface area contributed by atoms with Crippen molar-refractivity contribution in [1.29, 1.82) is 0 Å². The minimum absolute atomic E-state index is 0.146. The van der Waals surface area contributed by atoms with E-state index in [1.165, 1.54) is 0 Å². The first-order valence-electron chi connectivity index (χ1n) is 7.20. The molecule has 2 aromatic heterocycles. The topological polar surface area (TPSA) is 72.1 Å². The first kappa shape index (κ1) is 13.7. The maximum absolute atomic E-state index is 12.0. The minimum atomic E-state index is 0.146. The molecule has 0 aliphatic carbocycles. The molecule has 0 unspecified atom stereocenters. The number of carbonyl (C=O) groups excluding carboxylic acids is 1. The van der Waals surface area contributed by atoms with Crippen LogP contribution in [0.3, 0.4) is 0 Å². The molecule has 1 aliphatic heterocycles. The van der Waals surface area contributed by atoms with E-state index in [0.29, 0.717) is 31.2 Å². The fourth-order valence-corrected chi connectivity index (χ4v) is 2.61. The summed E-state index contributed by atoms with van der Waals surface area (Å²) in [5.74, 6) is 1.62. The van der Waals surface area contributed by atoms with E-state index in [1.54, 1.807) is 13.1 Å². The lowest BCUT2D eigenvalue weighted by atomic mass is 9.97. The maximum atomic E-state index is 12.0. The van der Waals surface area contributed by atoms with E-state index in [4.69, 9.17) is 4.52 Å². The van der Waals surface area contributed by atoms with Gasteiger partial charge in [-0.1, -0.05) is 11.2 Å². The van der Waals surface area contributed by atoms with E-state index in [2.05, 4.69) is 15.1 Å². The average molecular weight is 286 g/mol. The highest BCUT2D eigenvalue weighted by molar-refractivity contribution is 5.77. The number of amides is 1. The largest absolute Gasteiger partial charge is 0.342 e. The Bertz CT molecular complexity index is 611. The molecule has 0 saturated carbocycles. The van der Waals surface area contributed by atoms with Crippen molar-refractivity contribution in [2.75, 3.05) is 13.1 Å². The summed E-state index contributed by atoms with van der Waals surface area (Å²) in [5, 5.41) is 3.83. The van der Waals surface area contributed by atoms with Gasteiger partial charge in [0.2, 0.25) is 11.8 Å². The zero-order chi connectivity index (χ0) is 14.7. The number of carbonyl (C=O) groups is 1. The molecule has 3 rings (SSSR count). The first-order chi connectivity index (χ1) is 10.2. The van der Waals surface area contributed by atoms with Gasteiger partial charge in [0.1, 0.15) is 0 Å². The lowest BCUT2D eigenvalue weighted by Crippen LogP contribution is -2.40. The molecule has 0 spiro atoms. The van der Waals surface area contributed by atoms with Gasteiger partial charge in [-0.3, -0.25) is 9.78 Å². The van der Waals surface area contributed by atoms with Crippen LogP contribution in [0.1, 0.15) is 36.2 Å². The third-order valence-corrected chi connectivity index (χ3v) is 3.76. The smallest absolute Gasteiger partial charge is 0.231 e. The molecule has 6 heteroatoms. The van der Waals surface area contributed by atoms with Gasteiger partial charge in [-0.2, -0.15) is 4.98 Å². The quantitative estimate of drug-likeness (QED) is 0.855. The van der Waals surface area contributed by atoms with E-state index in [-0.39, 0.29) is 11.8 Å². The Morgan fingerprint density at radius 1 is 1.43 bits per heavy atom. The van der Waals surface area contributed by atoms with Gasteiger partial charge >= 0.3 is 0 Å². The van der Waals surface area contributed by atoms with E-state index in [0.717, 1.165) is 18.5 Å². The first-order valence-corrected chi connectivity index (χ1v) is 7.20. The van der Waals surface area contributed by atoms with Gasteiger partial charge in [-0.15, -0.1) is 0 Å². The molecule has 0 radical (unpaired) electrons. The van der Waals surface area contributed by atoms with E-state index in [1.807, 2.05) is 23.1 Å². The molecule has 1 amide bonds. The van der Waals surface area contributed by atoms with Crippen LogP contribution in [0.5, 0.6) is 0 Å². The van der Waals surface area contributed by atoms with Crippen LogP contribution in [0, 0.1) is 6.92 Å². The Morgan fingerprint density at radius 3 is 3.05 bits per heavy atom. The van der Waals surface area contributed by atoms with Crippen molar-refractivity contribution < 1.29 is 9.32 Å². The van der Waals surface area contributed by atoms with Gasteiger partial charge in [0.05, 0.1) is 5.92 Å². The van der Waals surface area contributed by atoms with Crippen LogP contribution in [-0.2, 0) is 11.2 Å². The lowest BCUT2D eigenvalue weighted by molar-refractivity contribution is -0.133. The summed E-state index contributed by atoms with van der Waals surface area (Å²) in [6.07, 6.45) is 3.86. The highest BCUT2D eigenvalue weighted by atomic mass is 16.5. The molecule has 1 atom stereocenters. The second kappa shape index (κ2) is 6.03. The number of hydrogen-bond donors (Lipinski definition) is 0. The Labute approximate surface area is 123 Å². The number of pyridine rings is 1. The number of hydrogen-bond acceptors (Lipinski definition) is 5. The number of rotatable bonds is 4. The van der Waals surface area contributed by atoms with E-state index >= 15 is 0 Å². The molecule has 21 heavy (non-hydrogen) atoms. The van der Waals surface area contributed by atoms with Crippen LogP contribution < -0.4 is 0 Å². The van der Waals surface area contributed by atoms with Crippen molar-refractivity contribution in [2.24, 2.45) is 0 Å². The fraction of sp³-hybridized carbons (Fsp3) is 0.467. The van der Waals surface area contributed by atoms with E-state index < -0.39 is 0 Å². The Hall–Kier alpha value is -2.24. The van der Waals surface area contributed by atoms with Crippen molar-refractivity contribution in [3.8, 4) is 0 Å². The molecule has 1 saturated heterocycles. The van der Waals surface area contributed by atoms with Crippen LogP contribution in [0.2, 0.25) is 0 Å². The molecule has 6 nitrogen and oxygen atoms in total. The maximum Gasteiger partial charge on any atom is 0.231 e. The summed E-state index contributed by atoms with van der Waals surface area (Å²) in [5.41, 5.74) is 1.00. The van der Waals surface area contributed by atoms with Gasteiger partial charge in [-0.05, 0) is 25.5 Å². The van der Waals surface area contributed by atoms with Gasteiger partial charge in [0, 0.05) is 37.8 Å². The fourth-order valence-electron chi connectivity index (χ4n) is 2.61. The Morgan fingerprint density at radius 2 is 2.33 bits per heavy atom. The third kappa shape index (κ3) is 3.26. The number of aryl methyl sites for hydroxylation is 1. The molecule has 1 fully saturated rings. The predicted molar refractivity (Wildman–Crippen MR) is 75.5 cm³/mol. The van der Waals surface area contributed by atoms with Crippen molar-refractivity contribution in [3.63, 3.8) is 0 Å². The summed E-state index contributed by atoms with van der Waals surface area (Å²) in [6, 6.07) is 5.83. The van der Waals surface area contributed by atoms with Crippen LogP contribution in [0.15, 0.2) is 28.9 Å². The van der Waals surface area contributed by atoms with Crippen molar-refractivity contribution in [3.05, 3.63) is 41.8 Å². The number of piperidine rings is 1. The normalized spacial score (nSPS) is 19.0. The molecule has 0 aromatic carbocycles. The predicted octanol–water partition coefficient (Wildman–Crippen LogP) is 1.72. The van der Waals surface area contributed by atoms with Crippen LogP contribution >= 0.6 is 0 Å². The minimum Gasteiger partial charge on any atom is -0.342 e. The molecule has 3 heterocycles. The standard InChI is InChI=1S/C15H18N4O2/c1-11-17-15(21-18-11)12-5-6-14(20)19(10-12)9-7-13-4-2-3-8-16-13/h2-4,8,12H,5-7,9-10H2,1H3/t12-/m1/s1. The Balaban J connectivity index is 1.62. The third-order valence-electron chi connectivity index (χ3n) is 3.76. The van der Waals surface area contributed by atoms with Crippen LogP contribution in [0.25, 0.3) is 0 Å². The average Bonchev–Trinajstić information content (AvgIpc) is 2.94. The highest BCUT2D eigenvalue weighted by Crippen LogP contribution is 2.26. The van der Waals surface area contributed by atoms with Crippen molar-refractivity contribution in [2.45, 2.75) is 32.1 Å². The SMILES string of the molecule is Cc1noc([C@@H]2CCC(=O)N(CCc3ccccn3)C2)n1. The highest BCUT2D eigenvalue weighted by Gasteiger charge is 2.29. The summed E-state index contributed by atoms with van der Waals surface area (Å²) >= 11 is 0. The zero-order valence-corrected chi connectivity index (χ0v) is 12.0. The molecule has 110 valence electrons. The molecular formula is C15H18N4O2. The van der Waals surface area contributed by atoms with Crippen LogP contribution in [0.4, 0.5) is 0 Å². The number of aromatic nitrogens is 3. The van der Waals surface area contributed by atoms with E-state index in [9.17, 15) is 4.79 Å². The second-order valence-electron chi connectivity index (χ2n) is 5.33. The number of likely N-dealkylation sites (tertiary alicyclic amines) is 1. The molecular weight excluding hydrogens is 268 g/mol. The number of nitrogens with zero attached hydrogens (tertiary/aromatic N) is 4. The zero-order valence-electron chi connectivity index (χ0n) is 12.0. The van der Waals surface area contributed by atoms with Crippen LogP contribution in [-0.4, -0.2) is 39.0 Å². The van der Waals surface area contributed by atoms with Gasteiger partial charge in [0.15, 0.2) is 5.82 Å². The summed E-state index contributed by atoms with van der Waals surface area (Å²) in [6.45, 7) is 3.13. The van der Waals surface area contributed by atoms with Gasteiger partial charge in [-0.25, -0.2) is 0 Å². The van der Waals surface area contributed by atoms with Crippen molar-refractivity contribution >= 4 is 5.91 Å². The Kier molecular flexibility index (Phi) is 3.94. The van der Waals surface area contributed by atoms with Gasteiger partial charge in [0.25, 0.3) is 0 Å². The second-order valence-corrected chi connectivity index (χ2v) is 5.33. The summed E-state index contributed by atoms with van der Waals surface area (Å²) < 4.78 is 5.24. The summed E-state index contributed by atoms with van der Waals surface area (Å²) in [4.78, 5) is 22.5. The molecule has 2 aromatic rings. The molecule has 0 N–H and O–H groups in total. The lowest BCUT2D eigenvalue weighted by Gasteiger charge is -2.30. The van der Waals surface area contributed by atoms with Gasteiger partial charge < -0.3 is 9.42 Å². The monoisotopic (exact) mass is 286 g/mol. The molecule has 0 bridgehead atoms.